The maximum absolute atomic E-state index is 12.6. The zero-order valence-corrected chi connectivity index (χ0v) is 11.6. The van der Waals surface area contributed by atoms with Crippen LogP contribution >= 0.6 is 0 Å². The third-order valence-corrected chi connectivity index (χ3v) is 4.21. The topological polar surface area (TPSA) is 49.4 Å². The average Bonchev–Trinajstić information content (AvgIpc) is 2.75. The summed E-state index contributed by atoms with van der Waals surface area (Å²) in [5, 5.41) is 2.86. The van der Waals surface area contributed by atoms with Crippen molar-refractivity contribution in [3.8, 4) is 0 Å². The molecule has 2 aliphatic heterocycles. The molecule has 0 spiro atoms. The van der Waals surface area contributed by atoms with Gasteiger partial charge in [-0.15, -0.1) is 0 Å². The molecule has 1 fully saturated rings. The predicted molar refractivity (Wildman–Crippen MR) is 76.4 cm³/mol. The van der Waals surface area contributed by atoms with Crippen LogP contribution in [0.1, 0.15) is 41.6 Å². The summed E-state index contributed by atoms with van der Waals surface area (Å²) in [4.78, 5) is 26.6. The van der Waals surface area contributed by atoms with Gasteiger partial charge in [-0.1, -0.05) is 31.0 Å². The van der Waals surface area contributed by atoms with Crippen LogP contribution in [-0.4, -0.2) is 35.8 Å². The van der Waals surface area contributed by atoms with Crippen LogP contribution in [0.15, 0.2) is 24.3 Å². The summed E-state index contributed by atoms with van der Waals surface area (Å²) in [6, 6.07) is 7.14. The third kappa shape index (κ3) is 2.55. The minimum atomic E-state index is -0.393. The molecule has 0 aromatic heterocycles. The van der Waals surface area contributed by atoms with E-state index in [2.05, 4.69) is 5.32 Å². The number of fused-ring (bicyclic) bond motifs is 1. The Morgan fingerprint density at radius 1 is 1.10 bits per heavy atom. The maximum atomic E-state index is 12.6. The number of nitrogens with one attached hydrogen (secondary N) is 1. The molecule has 1 unspecified atom stereocenters. The third-order valence-electron chi connectivity index (χ3n) is 4.21. The van der Waals surface area contributed by atoms with Crippen molar-refractivity contribution in [1.82, 2.24) is 10.2 Å². The highest BCUT2D eigenvalue weighted by Gasteiger charge is 2.31. The monoisotopic (exact) mass is 272 g/mol. The number of benzene rings is 1. The Morgan fingerprint density at radius 3 is 2.55 bits per heavy atom. The standard InChI is InChI=1S/C16H20N2O2/c19-15-13-8-4-3-7-12(13)11-14(17-15)16(20)18-9-5-1-2-6-10-18/h3-4,7-8,14H,1-2,5-6,9-11H2,(H,17,19). The van der Waals surface area contributed by atoms with Gasteiger partial charge >= 0.3 is 0 Å². The molecule has 2 heterocycles. The number of hydrogen-bond acceptors (Lipinski definition) is 2. The van der Waals surface area contributed by atoms with Crippen LogP contribution in [-0.2, 0) is 11.2 Å². The van der Waals surface area contributed by atoms with Crippen molar-refractivity contribution in [3.63, 3.8) is 0 Å². The Balaban J connectivity index is 1.75. The summed E-state index contributed by atoms with van der Waals surface area (Å²) in [7, 11) is 0. The second-order valence-electron chi connectivity index (χ2n) is 5.63. The normalized spacial score (nSPS) is 22.7. The molecule has 2 aliphatic rings. The molecule has 20 heavy (non-hydrogen) atoms. The van der Waals surface area contributed by atoms with Gasteiger partial charge in [0.1, 0.15) is 6.04 Å². The fourth-order valence-corrected chi connectivity index (χ4v) is 3.09. The van der Waals surface area contributed by atoms with E-state index in [0.29, 0.717) is 12.0 Å². The van der Waals surface area contributed by atoms with Gasteiger partial charge < -0.3 is 10.2 Å². The lowest BCUT2D eigenvalue weighted by Crippen LogP contribution is -2.52. The van der Waals surface area contributed by atoms with E-state index in [-0.39, 0.29) is 11.8 Å². The van der Waals surface area contributed by atoms with Crippen molar-refractivity contribution in [1.29, 1.82) is 0 Å². The molecule has 2 amide bonds. The van der Waals surface area contributed by atoms with Crippen LogP contribution < -0.4 is 5.32 Å². The quantitative estimate of drug-likeness (QED) is 0.846. The Bertz CT molecular complexity index is 519. The fourth-order valence-electron chi connectivity index (χ4n) is 3.09. The zero-order valence-electron chi connectivity index (χ0n) is 11.6. The molecule has 4 nitrogen and oxygen atoms in total. The van der Waals surface area contributed by atoms with E-state index in [1.165, 1.54) is 12.8 Å². The number of nitrogens with zero attached hydrogens (tertiary/aromatic N) is 1. The fraction of sp³-hybridized carbons (Fsp3) is 0.500. The van der Waals surface area contributed by atoms with Crippen molar-refractivity contribution in [3.05, 3.63) is 35.4 Å². The molecule has 0 radical (unpaired) electrons. The SMILES string of the molecule is O=C1NC(C(=O)N2CCCCCC2)Cc2ccccc21. The molecule has 4 heteroatoms. The van der Waals surface area contributed by atoms with Crippen molar-refractivity contribution in [2.24, 2.45) is 0 Å². The van der Waals surface area contributed by atoms with E-state index in [1.807, 2.05) is 29.2 Å². The molecule has 1 N–H and O–H groups in total. The predicted octanol–water partition coefficient (Wildman–Crippen LogP) is 1.74. The number of rotatable bonds is 1. The Labute approximate surface area is 119 Å². The van der Waals surface area contributed by atoms with E-state index in [1.54, 1.807) is 0 Å². The number of carbonyl (C=O) groups is 2. The van der Waals surface area contributed by atoms with Crippen LogP contribution in [0.5, 0.6) is 0 Å². The first-order chi connectivity index (χ1) is 9.75. The molecule has 1 saturated heterocycles. The molecule has 3 rings (SSSR count). The van der Waals surface area contributed by atoms with E-state index in [0.717, 1.165) is 31.5 Å². The van der Waals surface area contributed by atoms with E-state index < -0.39 is 6.04 Å². The van der Waals surface area contributed by atoms with Gasteiger partial charge in [-0.3, -0.25) is 9.59 Å². The minimum absolute atomic E-state index is 0.0785. The van der Waals surface area contributed by atoms with Crippen LogP contribution in [0.4, 0.5) is 0 Å². The molecule has 0 aliphatic carbocycles. The molecular formula is C16H20N2O2. The highest BCUT2D eigenvalue weighted by atomic mass is 16.2. The smallest absolute Gasteiger partial charge is 0.252 e. The van der Waals surface area contributed by atoms with E-state index >= 15 is 0 Å². The van der Waals surface area contributed by atoms with Gasteiger partial charge in [-0.05, 0) is 24.5 Å². The lowest BCUT2D eigenvalue weighted by Gasteiger charge is -2.30. The van der Waals surface area contributed by atoms with Gasteiger partial charge in [-0.2, -0.15) is 0 Å². The lowest BCUT2D eigenvalue weighted by molar-refractivity contribution is -0.133. The number of hydrogen-bond donors (Lipinski definition) is 1. The van der Waals surface area contributed by atoms with Gasteiger partial charge in [0.2, 0.25) is 5.91 Å². The first-order valence-corrected chi connectivity index (χ1v) is 7.43. The largest absolute Gasteiger partial charge is 0.341 e. The van der Waals surface area contributed by atoms with E-state index in [9.17, 15) is 9.59 Å². The molecular weight excluding hydrogens is 252 g/mol. The highest BCUT2D eigenvalue weighted by Crippen LogP contribution is 2.19. The summed E-state index contributed by atoms with van der Waals surface area (Å²) in [6.45, 7) is 1.65. The summed E-state index contributed by atoms with van der Waals surface area (Å²) >= 11 is 0. The average molecular weight is 272 g/mol. The molecule has 0 bridgehead atoms. The van der Waals surface area contributed by atoms with Gasteiger partial charge in [0, 0.05) is 25.1 Å². The Morgan fingerprint density at radius 2 is 1.80 bits per heavy atom. The zero-order chi connectivity index (χ0) is 13.9. The van der Waals surface area contributed by atoms with Crippen LogP contribution in [0.25, 0.3) is 0 Å². The van der Waals surface area contributed by atoms with Gasteiger partial charge in [0.05, 0.1) is 0 Å². The first-order valence-electron chi connectivity index (χ1n) is 7.43. The van der Waals surface area contributed by atoms with Crippen molar-refractivity contribution in [2.45, 2.75) is 38.1 Å². The molecule has 106 valence electrons. The van der Waals surface area contributed by atoms with Gasteiger partial charge in [0.15, 0.2) is 0 Å². The molecule has 1 aromatic rings. The highest BCUT2D eigenvalue weighted by molar-refractivity contribution is 6.00. The van der Waals surface area contributed by atoms with E-state index in [4.69, 9.17) is 0 Å². The van der Waals surface area contributed by atoms with Gasteiger partial charge in [-0.25, -0.2) is 0 Å². The summed E-state index contributed by atoms with van der Waals surface area (Å²) in [5.41, 5.74) is 1.68. The molecule has 1 aromatic carbocycles. The van der Waals surface area contributed by atoms with Crippen LogP contribution in [0, 0.1) is 0 Å². The summed E-state index contributed by atoms with van der Waals surface area (Å²) in [6.07, 6.45) is 5.15. The Hall–Kier alpha value is -1.84. The van der Waals surface area contributed by atoms with Crippen LogP contribution in [0.2, 0.25) is 0 Å². The summed E-state index contributed by atoms with van der Waals surface area (Å²) in [5.74, 6) is -0.0465. The van der Waals surface area contributed by atoms with Gasteiger partial charge in [0.25, 0.3) is 5.91 Å². The van der Waals surface area contributed by atoms with Crippen molar-refractivity contribution < 1.29 is 9.59 Å². The van der Waals surface area contributed by atoms with Crippen molar-refractivity contribution >= 4 is 11.8 Å². The maximum Gasteiger partial charge on any atom is 0.252 e. The minimum Gasteiger partial charge on any atom is -0.341 e. The molecule has 0 saturated carbocycles. The first kappa shape index (κ1) is 13.2. The second-order valence-corrected chi connectivity index (χ2v) is 5.63. The lowest BCUT2D eigenvalue weighted by atomic mass is 9.94. The second kappa shape index (κ2) is 5.65. The number of carbonyl (C=O) groups excluding carboxylic acids is 2. The van der Waals surface area contributed by atoms with Crippen LogP contribution in [0.3, 0.4) is 0 Å². The van der Waals surface area contributed by atoms with Crippen molar-refractivity contribution in [2.75, 3.05) is 13.1 Å². The number of amides is 2. The number of likely N-dealkylation sites (tertiary alicyclic amines) is 1. The summed E-state index contributed by atoms with van der Waals surface area (Å²) < 4.78 is 0. The Kier molecular flexibility index (Phi) is 3.72. The molecule has 1 atom stereocenters.